The van der Waals surface area contributed by atoms with Gasteiger partial charge in [0.2, 0.25) is 7.37 Å². The zero-order valence-electron chi connectivity index (χ0n) is 28.9. The lowest BCUT2D eigenvalue weighted by Crippen LogP contribution is -2.54. The van der Waals surface area contributed by atoms with E-state index in [1.807, 2.05) is 35.2 Å². The Morgan fingerprint density at radius 2 is 1.62 bits per heavy atom. The number of hydrogen-bond acceptors (Lipinski definition) is 10. The third-order valence-electron chi connectivity index (χ3n) is 7.74. The van der Waals surface area contributed by atoms with Gasteiger partial charge in [0.1, 0.15) is 17.0 Å². The van der Waals surface area contributed by atoms with E-state index in [0.717, 1.165) is 21.6 Å². The van der Waals surface area contributed by atoms with E-state index in [1.54, 1.807) is 68.0 Å². The molecule has 13 heteroatoms. The minimum Gasteiger partial charge on any atom is -0.497 e. The number of carboxylic acid groups (broad SMARTS) is 1. The van der Waals surface area contributed by atoms with Gasteiger partial charge < -0.3 is 23.8 Å². The molecule has 0 radical (unpaired) electrons. The Morgan fingerprint density at radius 3 is 2.15 bits per heavy atom. The van der Waals surface area contributed by atoms with Crippen molar-refractivity contribution in [2.45, 2.75) is 90.6 Å². The highest BCUT2D eigenvalue weighted by Crippen LogP contribution is 2.63. The van der Waals surface area contributed by atoms with Gasteiger partial charge in [0.15, 0.2) is 5.16 Å². The van der Waals surface area contributed by atoms with E-state index < -0.39 is 41.9 Å². The maximum atomic E-state index is 14.3. The second-order valence-electron chi connectivity index (χ2n) is 13.7. The number of aliphatic carboxylic acids is 1. The fraction of sp³-hybridized carbons (Fsp3) is 0.588. The molecule has 1 saturated heterocycles. The van der Waals surface area contributed by atoms with E-state index in [1.165, 1.54) is 0 Å². The molecule has 2 aromatic rings. The summed E-state index contributed by atoms with van der Waals surface area (Å²) in [7, 11) is -2.06. The van der Waals surface area contributed by atoms with Crippen LogP contribution in [0.1, 0.15) is 73.3 Å². The number of benzene rings is 1. The minimum atomic E-state index is -3.66. The molecule has 47 heavy (non-hydrogen) atoms. The smallest absolute Gasteiger partial charge is 0.419 e. The summed E-state index contributed by atoms with van der Waals surface area (Å²) >= 11 is 0. The quantitative estimate of drug-likeness (QED) is 0.182. The Balaban J connectivity index is 1.86. The first kappa shape index (κ1) is 38.0. The molecule has 2 amide bonds. The first-order chi connectivity index (χ1) is 21.9. The SMILES string of the molecule is CCOP1(=O)CCN(Cc2ccc(OC)cc2-c2ccncc2)C[C@@]1(CCCCN(C(=O)OC(C)(C)C)C(=O)OC(C)(C)C)C(=O)O. The number of amides is 2. The Kier molecular flexibility index (Phi) is 12.6. The molecule has 0 spiro atoms. The average molecular weight is 676 g/mol. The molecule has 1 fully saturated rings. The molecule has 1 aromatic heterocycles. The van der Waals surface area contributed by atoms with E-state index in [2.05, 4.69) is 4.98 Å². The summed E-state index contributed by atoms with van der Waals surface area (Å²) in [4.78, 5) is 46.1. The molecule has 0 aliphatic carbocycles. The third kappa shape index (κ3) is 10.0. The van der Waals surface area contributed by atoms with Crippen molar-refractivity contribution in [2.24, 2.45) is 0 Å². The van der Waals surface area contributed by atoms with Gasteiger partial charge in [-0.15, -0.1) is 0 Å². The zero-order chi connectivity index (χ0) is 35.0. The Hall–Kier alpha value is -3.47. The van der Waals surface area contributed by atoms with E-state index in [4.69, 9.17) is 18.7 Å². The van der Waals surface area contributed by atoms with Crippen molar-refractivity contribution in [3.8, 4) is 16.9 Å². The van der Waals surface area contributed by atoms with Crippen molar-refractivity contribution in [1.29, 1.82) is 0 Å². The number of methoxy groups -OCH3 is 1. The number of aromatic nitrogens is 1. The fourth-order valence-electron chi connectivity index (χ4n) is 5.59. The lowest BCUT2D eigenvalue weighted by atomic mass is 9.97. The number of carbonyl (C=O) groups excluding carboxylic acids is 2. The zero-order valence-corrected chi connectivity index (χ0v) is 29.8. The van der Waals surface area contributed by atoms with Gasteiger partial charge in [-0.2, -0.15) is 0 Å². The van der Waals surface area contributed by atoms with E-state index in [-0.39, 0.29) is 45.1 Å². The van der Waals surface area contributed by atoms with Crippen LogP contribution < -0.4 is 4.74 Å². The van der Waals surface area contributed by atoms with E-state index in [0.29, 0.717) is 18.8 Å². The molecule has 1 aromatic carbocycles. The van der Waals surface area contributed by atoms with E-state index in [9.17, 15) is 24.1 Å². The Bertz CT molecular complexity index is 1410. The molecule has 0 saturated carbocycles. The largest absolute Gasteiger partial charge is 0.497 e. The van der Waals surface area contributed by atoms with Crippen LogP contribution in [0.2, 0.25) is 0 Å². The van der Waals surface area contributed by atoms with Gasteiger partial charge in [-0.25, -0.2) is 14.5 Å². The van der Waals surface area contributed by atoms with Crippen LogP contribution in [0.25, 0.3) is 11.1 Å². The summed E-state index contributed by atoms with van der Waals surface area (Å²) in [5.74, 6) is -0.508. The Morgan fingerprint density at radius 1 is 1.00 bits per heavy atom. The van der Waals surface area contributed by atoms with Crippen molar-refractivity contribution in [2.75, 3.05) is 39.5 Å². The lowest BCUT2D eigenvalue weighted by Gasteiger charge is -2.45. The highest BCUT2D eigenvalue weighted by Gasteiger charge is 2.58. The molecule has 1 N–H and O–H groups in total. The number of carboxylic acids is 1. The van der Waals surface area contributed by atoms with E-state index >= 15 is 0 Å². The number of imide groups is 1. The van der Waals surface area contributed by atoms with Crippen LogP contribution in [0.5, 0.6) is 5.75 Å². The number of nitrogens with zero attached hydrogens (tertiary/aromatic N) is 3. The summed E-state index contributed by atoms with van der Waals surface area (Å²) in [6.45, 7) is 12.7. The number of hydrogen-bond donors (Lipinski definition) is 1. The number of ether oxygens (including phenoxy) is 3. The van der Waals surface area contributed by atoms with Gasteiger partial charge in [-0.05, 0) is 109 Å². The summed E-state index contributed by atoms with van der Waals surface area (Å²) in [6, 6.07) is 9.55. The van der Waals surface area contributed by atoms with Crippen molar-refractivity contribution >= 4 is 25.5 Å². The van der Waals surface area contributed by atoms with Crippen LogP contribution in [-0.4, -0.2) is 93.9 Å². The molecule has 0 bridgehead atoms. The van der Waals surface area contributed by atoms with Gasteiger partial charge in [-0.1, -0.05) is 6.07 Å². The maximum Gasteiger partial charge on any atom is 0.419 e. The highest BCUT2D eigenvalue weighted by atomic mass is 31.2. The number of rotatable bonds is 12. The predicted octanol–water partition coefficient (Wildman–Crippen LogP) is 7.05. The summed E-state index contributed by atoms with van der Waals surface area (Å²) < 4.78 is 36.5. The number of carbonyl (C=O) groups is 3. The van der Waals surface area contributed by atoms with Crippen LogP contribution in [0.3, 0.4) is 0 Å². The number of pyridine rings is 1. The average Bonchev–Trinajstić information content (AvgIpc) is 2.97. The molecule has 1 aliphatic heterocycles. The van der Waals surface area contributed by atoms with Gasteiger partial charge in [0.25, 0.3) is 0 Å². The first-order valence-corrected chi connectivity index (χ1v) is 17.7. The van der Waals surface area contributed by atoms with Crippen LogP contribution in [0.15, 0.2) is 42.7 Å². The second kappa shape index (κ2) is 15.6. The predicted molar refractivity (Wildman–Crippen MR) is 179 cm³/mol. The van der Waals surface area contributed by atoms with Gasteiger partial charge in [0.05, 0.1) is 13.7 Å². The van der Waals surface area contributed by atoms with Crippen molar-refractivity contribution < 1.29 is 42.8 Å². The summed E-state index contributed by atoms with van der Waals surface area (Å²) in [6.07, 6.45) is 2.30. The molecule has 2 atom stereocenters. The maximum absolute atomic E-state index is 14.3. The standard InChI is InChI=1S/C34H50N3O9P/c1-9-44-47(42)21-20-36(23-26-12-13-27(43-8)22-28(26)25-14-17-35-18-15-25)24-34(47,29(38)39)16-10-11-19-37(30(40)45-32(2,3)4)31(41)46-33(5,6)7/h12-15,17-18,22H,9-11,16,19-21,23-24H2,1-8H3,(H,38,39)/t34-,47?/m0/s1. The van der Waals surface area contributed by atoms with Crippen LogP contribution >= 0.6 is 7.37 Å². The lowest BCUT2D eigenvalue weighted by molar-refractivity contribution is -0.141. The normalized spacial score (nSPS) is 20.3. The third-order valence-corrected chi connectivity index (χ3v) is 11.1. The minimum absolute atomic E-state index is 0.00325. The van der Waals surface area contributed by atoms with Crippen molar-refractivity contribution in [1.82, 2.24) is 14.8 Å². The van der Waals surface area contributed by atoms with Gasteiger partial charge >= 0.3 is 18.2 Å². The fourth-order valence-corrected chi connectivity index (χ4v) is 8.56. The second-order valence-corrected chi connectivity index (χ2v) is 16.6. The number of unbranched alkanes of at least 4 members (excludes halogenated alkanes) is 1. The molecular formula is C34H50N3O9P. The topological polar surface area (TPSA) is 145 Å². The van der Waals surface area contributed by atoms with Crippen molar-refractivity contribution in [3.05, 3.63) is 48.3 Å². The monoisotopic (exact) mass is 675 g/mol. The van der Waals surface area contributed by atoms with Crippen LogP contribution in [0.4, 0.5) is 9.59 Å². The molecule has 260 valence electrons. The van der Waals surface area contributed by atoms with Gasteiger partial charge in [-0.3, -0.25) is 19.2 Å². The first-order valence-electron chi connectivity index (χ1n) is 15.9. The Labute approximate surface area is 278 Å². The highest BCUT2D eigenvalue weighted by molar-refractivity contribution is 7.62. The molecular weight excluding hydrogens is 625 g/mol. The molecule has 1 aliphatic rings. The summed E-state index contributed by atoms with van der Waals surface area (Å²) in [5, 5.41) is 9.03. The van der Waals surface area contributed by atoms with Crippen molar-refractivity contribution in [3.63, 3.8) is 0 Å². The van der Waals surface area contributed by atoms with Gasteiger partial charge in [0, 0.05) is 44.7 Å². The molecule has 12 nitrogen and oxygen atoms in total. The van der Waals surface area contributed by atoms with Crippen LogP contribution in [0, 0.1) is 0 Å². The molecule has 1 unspecified atom stereocenters. The summed E-state index contributed by atoms with van der Waals surface area (Å²) in [5.41, 5.74) is 1.13. The molecule has 3 rings (SSSR count). The molecule has 2 heterocycles. The van der Waals surface area contributed by atoms with Crippen LogP contribution in [-0.2, 0) is 29.9 Å².